The predicted octanol–water partition coefficient (Wildman–Crippen LogP) is 3.32. The molecule has 2 heterocycles. The van der Waals surface area contributed by atoms with E-state index < -0.39 is 5.60 Å². The summed E-state index contributed by atoms with van der Waals surface area (Å²) in [5.41, 5.74) is -0.425. The van der Waals surface area contributed by atoms with E-state index in [-0.39, 0.29) is 0 Å². The number of nitrogens with zero attached hydrogens (tertiary/aromatic N) is 3. The molecular formula is C16H24BrN3O. The van der Waals surface area contributed by atoms with Gasteiger partial charge in [0.1, 0.15) is 16.2 Å². The summed E-state index contributed by atoms with van der Waals surface area (Å²) >= 11 is 3.50. The van der Waals surface area contributed by atoms with Crippen LogP contribution in [0.2, 0.25) is 0 Å². The molecule has 1 aromatic rings. The van der Waals surface area contributed by atoms with E-state index in [1.807, 2.05) is 6.07 Å². The van der Waals surface area contributed by atoms with Gasteiger partial charge in [0, 0.05) is 31.5 Å². The van der Waals surface area contributed by atoms with Gasteiger partial charge in [0.2, 0.25) is 0 Å². The molecule has 0 amide bonds. The molecule has 1 saturated carbocycles. The Bertz CT molecular complexity index is 510. The van der Waals surface area contributed by atoms with E-state index in [0.29, 0.717) is 5.92 Å². The lowest BCUT2D eigenvalue weighted by molar-refractivity contribution is -0.0613. The molecule has 1 aliphatic heterocycles. The maximum Gasteiger partial charge on any atom is 0.133 e. The first-order valence-electron chi connectivity index (χ1n) is 8.11. The molecule has 21 heavy (non-hydrogen) atoms. The van der Waals surface area contributed by atoms with Crippen molar-refractivity contribution in [3.63, 3.8) is 0 Å². The Morgan fingerprint density at radius 1 is 1.38 bits per heavy atom. The number of anilines is 1. The standard InChI is InChI=1S/C16H24BrN3O/c1-2-5-14-18-13(17)10-15(19-14)20-9-8-16(21)7-4-3-6-12(16)11-20/h10,12,21H,2-9,11H2,1H3. The van der Waals surface area contributed by atoms with E-state index in [9.17, 15) is 5.11 Å². The average molecular weight is 354 g/mol. The smallest absolute Gasteiger partial charge is 0.133 e. The van der Waals surface area contributed by atoms with Crippen LogP contribution in [0.3, 0.4) is 0 Å². The summed E-state index contributed by atoms with van der Waals surface area (Å²) in [6.45, 7) is 3.96. The van der Waals surface area contributed by atoms with Crippen LogP contribution < -0.4 is 4.90 Å². The summed E-state index contributed by atoms with van der Waals surface area (Å²) in [6.07, 6.45) is 7.36. The van der Waals surface area contributed by atoms with Crippen molar-refractivity contribution in [1.29, 1.82) is 0 Å². The van der Waals surface area contributed by atoms with E-state index in [1.54, 1.807) is 0 Å². The van der Waals surface area contributed by atoms with Gasteiger partial charge in [0.15, 0.2) is 0 Å². The van der Waals surface area contributed by atoms with Gasteiger partial charge in [-0.1, -0.05) is 19.8 Å². The Morgan fingerprint density at radius 3 is 3.05 bits per heavy atom. The van der Waals surface area contributed by atoms with E-state index in [2.05, 4.69) is 32.7 Å². The lowest BCUT2D eigenvalue weighted by Gasteiger charge is -2.47. The predicted molar refractivity (Wildman–Crippen MR) is 87.5 cm³/mol. The molecule has 1 N–H and O–H groups in total. The van der Waals surface area contributed by atoms with Crippen molar-refractivity contribution in [3.05, 3.63) is 16.5 Å². The van der Waals surface area contributed by atoms with Gasteiger partial charge >= 0.3 is 0 Å². The number of rotatable bonds is 3. The minimum atomic E-state index is -0.425. The van der Waals surface area contributed by atoms with Crippen LogP contribution in [-0.4, -0.2) is 33.8 Å². The summed E-state index contributed by atoms with van der Waals surface area (Å²) in [6, 6.07) is 2.01. The summed E-state index contributed by atoms with van der Waals surface area (Å²) < 4.78 is 0.862. The van der Waals surface area contributed by atoms with E-state index in [1.165, 1.54) is 12.8 Å². The Hall–Kier alpha value is -0.680. The largest absolute Gasteiger partial charge is 0.389 e. The van der Waals surface area contributed by atoms with Gasteiger partial charge in [-0.2, -0.15) is 0 Å². The molecule has 2 aliphatic rings. The lowest BCUT2D eigenvalue weighted by Crippen LogP contribution is -2.53. The lowest BCUT2D eigenvalue weighted by atomic mass is 9.71. The van der Waals surface area contributed by atoms with Crippen LogP contribution >= 0.6 is 15.9 Å². The molecule has 4 nitrogen and oxygen atoms in total. The Labute approximate surface area is 135 Å². The minimum Gasteiger partial charge on any atom is -0.389 e. The maximum atomic E-state index is 10.8. The zero-order valence-electron chi connectivity index (χ0n) is 12.7. The third-order valence-electron chi connectivity index (χ3n) is 4.95. The van der Waals surface area contributed by atoms with Crippen molar-refractivity contribution in [3.8, 4) is 0 Å². The molecule has 0 spiro atoms. The van der Waals surface area contributed by atoms with Crippen LogP contribution in [0.1, 0.15) is 51.3 Å². The maximum absolute atomic E-state index is 10.8. The molecule has 0 aromatic carbocycles. The highest BCUT2D eigenvalue weighted by atomic mass is 79.9. The third-order valence-corrected chi connectivity index (χ3v) is 5.36. The zero-order valence-corrected chi connectivity index (χ0v) is 14.3. The molecule has 2 fully saturated rings. The first-order chi connectivity index (χ1) is 10.1. The number of aromatic nitrogens is 2. The van der Waals surface area contributed by atoms with Crippen LogP contribution in [0, 0.1) is 5.92 Å². The number of hydrogen-bond donors (Lipinski definition) is 1. The molecule has 3 rings (SSSR count). The second kappa shape index (κ2) is 6.21. The molecule has 1 aromatic heterocycles. The van der Waals surface area contributed by atoms with Crippen LogP contribution in [0.25, 0.3) is 0 Å². The highest BCUT2D eigenvalue weighted by Gasteiger charge is 2.43. The van der Waals surface area contributed by atoms with E-state index in [0.717, 1.165) is 61.4 Å². The van der Waals surface area contributed by atoms with Crippen molar-refractivity contribution < 1.29 is 5.11 Å². The topological polar surface area (TPSA) is 49.2 Å². The molecule has 0 radical (unpaired) electrons. The quantitative estimate of drug-likeness (QED) is 0.846. The van der Waals surface area contributed by atoms with Gasteiger partial charge in [0.05, 0.1) is 5.60 Å². The first-order valence-corrected chi connectivity index (χ1v) is 8.91. The fraction of sp³-hybridized carbons (Fsp3) is 0.750. The van der Waals surface area contributed by atoms with Gasteiger partial charge in [0.25, 0.3) is 0 Å². The van der Waals surface area contributed by atoms with Crippen molar-refractivity contribution >= 4 is 21.7 Å². The molecule has 2 atom stereocenters. The van der Waals surface area contributed by atoms with Crippen molar-refractivity contribution in [2.75, 3.05) is 18.0 Å². The summed E-state index contributed by atoms with van der Waals surface area (Å²) in [5, 5.41) is 10.8. The Morgan fingerprint density at radius 2 is 2.24 bits per heavy atom. The van der Waals surface area contributed by atoms with Gasteiger partial charge < -0.3 is 10.0 Å². The normalized spacial score (nSPS) is 29.3. The van der Waals surface area contributed by atoms with Crippen LogP contribution in [-0.2, 0) is 6.42 Å². The molecule has 116 valence electrons. The van der Waals surface area contributed by atoms with Gasteiger partial charge in [-0.05, 0) is 41.6 Å². The average Bonchev–Trinajstić information content (AvgIpc) is 2.46. The second-order valence-electron chi connectivity index (χ2n) is 6.46. The zero-order chi connectivity index (χ0) is 14.9. The molecule has 1 saturated heterocycles. The number of piperidine rings is 1. The number of halogens is 1. The number of hydrogen-bond acceptors (Lipinski definition) is 4. The fourth-order valence-electron chi connectivity index (χ4n) is 3.73. The number of aliphatic hydroxyl groups is 1. The summed E-state index contributed by atoms with van der Waals surface area (Å²) in [4.78, 5) is 11.5. The van der Waals surface area contributed by atoms with Crippen molar-refractivity contribution in [2.45, 2.75) is 57.5 Å². The van der Waals surface area contributed by atoms with Crippen molar-refractivity contribution in [1.82, 2.24) is 9.97 Å². The molecule has 2 unspecified atom stereocenters. The highest BCUT2D eigenvalue weighted by molar-refractivity contribution is 9.10. The molecule has 0 bridgehead atoms. The van der Waals surface area contributed by atoms with Gasteiger partial charge in [-0.3, -0.25) is 0 Å². The monoisotopic (exact) mass is 353 g/mol. The SMILES string of the molecule is CCCc1nc(Br)cc(N2CCC3(O)CCCCC3C2)n1. The van der Waals surface area contributed by atoms with Crippen LogP contribution in [0.5, 0.6) is 0 Å². The van der Waals surface area contributed by atoms with Crippen LogP contribution in [0.15, 0.2) is 10.7 Å². The van der Waals surface area contributed by atoms with Crippen molar-refractivity contribution in [2.24, 2.45) is 5.92 Å². The van der Waals surface area contributed by atoms with Gasteiger partial charge in [-0.25, -0.2) is 9.97 Å². The van der Waals surface area contributed by atoms with Crippen LogP contribution in [0.4, 0.5) is 5.82 Å². The Kier molecular flexibility index (Phi) is 4.50. The molecule has 5 heteroatoms. The number of fused-ring (bicyclic) bond motifs is 1. The fourth-order valence-corrected chi connectivity index (χ4v) is 4.14. The summed E-state index contributed by atoms with van der Waals surface area (Å²) in [7, 11) is 0. The minimum absolute atomic E-state index is 0.392. The third kappa shape index (κ3) is 3.24. The second-order valence-corrected chi connectivity index (χ2v) is 7.27. The Balaban J connectivity index is 1.78. The number of aryl methyl sites for hydroxylation is 1. The first kappa shape index (κ1) is 15.2. The molecular weight excluding hydrogens is 330 g/mol. The summed E-state index contributed by atoms with van der Waals surface area (Å²) in [5.74, 6) is 2.31. The van der Waals surface area contributed by atoms with E-state index >= 15 is 0 Å². The van der Waals surface area contributed by atoms with Gasteiger partial charge in [-0.15, -0.1) is 0 Å². The molecule has 1 aliphatic carbocycles. The highest BCUT2D eigenvalue weighted by Crippen LogP contribution is 2.40. The van der Waals surface area contributed by atoms with E-state index in [4.69, 9.17) is 4.98 Å².